The van der Waals surface area contributed by atoms with Gasteiger partial charge in [0.05, 0.1) is 6.61 Å². The molecule has 0 aromatic rings. The number of alkyl halides is 3. The van der Waals surface area contributed by atoms with E-state index >= 15 is 0 Å². The third-order valence-electron chi connectivity index (χ3n) is 1.85. The zero-order valence-corrected chi connectivity index (χ0v) is 10.6. The molecule has 2 N–H and O–H groups in total. The Morgan fingerprint density at radius 2 is 1.83 bits per heavy atom. The van der Waals surface area contributed by atoms with E-state index in [-0.39, 0.29) is 6.61 Å². The van der Waals surface area contributed by atoms with Crippen LogP contribution in [-0.4, -0.2) is 59.2 Å². The number of aliphatic imine (C=N–C) groups is 1. The minimum absolute atomic E-state index is 0.0571. The fourth-order valence-electron chi connectivity index (χ4n) is 1.06. The molecule has 0 spiro atoms. The van der Waals surface area contributed by atoms with Crippen molar-refractivity contribution in [2.45, 2.75) is 12.6 Å². The molecule has 0 aliphatic carbocycles. The number of nitrogens with zero attached hydrogens (tertiary/aromatic N) is 1. The maximum atomic E-state index is 11.7. The van der Waals surface area contributed by atoms with Gasteiger partial charge in [0.15, 0.2) is 5.96 Å². The van der Waals surface area contributed by atoms with E-state index in [9.17, 15) is 13.2 Å². The molecule has 5 nitrogen and oxygen atoms in total. The molecule has 0 saturated carbocycles. The van der Waals surface area contributed by atoms with Crippen molar-refractivity contribution in [1.82, 2.24) is 10.6 Å². The van der Waals surface area contributed by atoms with Gasteiger partial charge >= 0.3 is 6.18 Å². The molecule has 8 heteroatoms. The Hall–Kier alpha value is -1.02. The summed E-state index contributed by atoms with van der Waals surface area (Å²) in [6, 6.07) is 0. The van der Waals surface area contributed by atoms with Gasteiger partial charge in [-0.05, 0) is 6.42 Å². The lowest BCUT2D eigenvalue weighted by Crippen LogP contribution is -2.39. The second kappa shape index (κ2) is 9.95. The first-order valence-corrected chi connectivity index (χ1v) is 5.57. The Kier molecular flexibility index (Phi) is 9.39. The van der Waals surface area contributed by atoms with Gasteiger partial charge in [0.1, 0.15) is 6.61 Å². The van der Waals surface area contributed by atoms with Crippen LogP contribution in [0.3, 0.4) is 0 Å². The molecular formula is C10H20F3N3O2. The summed E-state index contributed by atoms with van der Waals surface area (Å²) in [4.78, 5) is 3.93. The van der Waals surface area contributed by atoms with Gasteiger partial charge < -0.3 is 20.1 Å². The van der Waals surface area contributed by atoms with Gasteiger partial charge in [-0.3, -0.25) is 4.99 Å². The Balaban J connectivity index is 3.46. The Labute approximate surface area is 105 Å². The zero-order valence-electron chi connectivity index (χ0n) is 10.6. The molecule has 108 valence electrons. The number of ether oxygens (including phenoxy) is 2. The molecule has 0 fully saturated rings. The lowest BCUT2D eigenvalue weighted by Gasteiger charge is -2.11. The monoisotopic (exact) mass is 271 g/mol. The summed E-state index contributed by atoms with van der Waals surface area (Å²) in [5.74, 6) is 0.586. The number of hydrogen-bond donors (Lipinski definition) is 2. The van der Waals surface area contributed by atoms with E-state index in [0.717, 1.165) is 0 Å². The fraction of sp³-hybridized carbons (Fsp3) is 0.900. The van der Waals surface area contributed by atoms with Gasteiger partial charge in [0.2, 0.25) is 0 Å². The van der Waals surface area contributed by atoms with Gasteiger partial charge in [-0.25, -0.2) is 0 Å². The topological polar surface area (TPSA) is 54.9 Å². The molecule has 0 aliphatic heterocycles. The molecule has 0 atom stereocenters. The van der Waals surface area contributed by atoms with E-state index < -0.39 is 12.8 Å². The Morgan fingerprint density at radius 3 is 2.39 bits per heavy atom. The summed E-state index contributed by atoms with van der Waals surface area (Å²) >= 11 is 0. The minimum atomic E-state index is -4.26. The highest BCUT2D eigenvalue weighted by Crippen LogP contribution is 2.14. The number of halogens is 3. The van der Waals surface area contributed by atoms with Gasteiger partial charge in [0, 0.05) is 33.9 Å². The van der Waals surface area contributed by atoms with Crippen LogP contribution in [0.25, 0.3) is 0 Å². The largest absolute Gasteiger partial charge is 0.411 e. The van der Waals surface area contributed by atoms with Gasteiger partial charge in [0.25, 0.3) is 0 Å². The smallest absolute Gasteiger partial charge is 0.383 e. The minimum Gasteiger partial charge on any atom is -0.383 e. The SMILES string of the molecule is CN=C(NCCCOCC(F)(F)F)NCCOC. The molecule has 0 bridgehead atoms. The van der Waals surface area contributed by atoms with Crippen molar-refractivity contribution >= 4 is 5.96 Å². The summed E-state index contributed by atoms with van der Waals surface area (Å²) in [6.07, 6.45) is -3.79. The fourth-order valence-corrected chi connectivity index (χ4v) is 1.06. The molecule has 0 unspecified atom stereocenters. The van der Waals surface area contributed by atoms with Crippen molar-refractivity contribution in [3.63, 3.8) is 0 Å². The van der Waals surface area contributed by atoms with Crippen molar-refractivity contribution in [1.29, 1.82) is 0 Å². The summed E-state index contributed by atoms with van der Waals surface area (Å²) in [5, 5.41) is 5.93. The van der Waals surface area contributed by atoms with Crippen molar-refractivity contribution in [2.24, 2.45) is 4.99 Å². The second-order valence-corrected chi connectivity index (χ2v) is 3.44. The molecule has 0 aliphatic rings. The van der Waals surface area contributed by atoms with E-state index in [1.165, 1.54) is 0 Å². The number of rotatable bonds is 8. The van der Waals surface area contributed by atoms with Gasteiger partial charge in [-0.1, -0.05) is 0 Å². The van der Waals surface area contributed by atoms with Crippen molar-refractivity contribution in [2.75, 3.05) is 47.1 Å². The highest BCUT2D eigenvalue weighted by molar-refractivity contribution is 5.79. The van der Waals surface area contributed by atoms with Crippen LogP contribution in [-0.2, 0) is 9.47 Å². The van der Waals surface area contributed by atoms with Crippen LogP contribution < -0.4 is 10.6 Å². The lowest BCUT2D eigenvalue weighted by atomic mass is 10.4. The van der Waals surface area contributed by atoms with Gasteiger partial charge in [-0.15, -0.1) is 0 Å². The summed E-state index contributed by atoms with van der Waals surface area (Å²) < 4.78 is 44.5. The normalized spacial score (nSPS) is 12.6. The maximum Gasteiger partial charge on any atom is 0.411 e. The Bertz CT molecular complexity index is 235. The first-order valence-electron chi connectivity index (χ1n) is 5.57. The summed E-state index contributed by atoms with van der Waals surface area (Å²) in [7, 11) is 3.21. The van der Waals surface area contributed by atoms with E-state index in [0.29, 0.717) is 32.1 Å². The molecule has 0 amide bonds. The van der Waals surface area contributed by atoms with E-state index in [4.69, 9.17) is 4.74 Å². The second-order valence-electron chi connectivity index (χ2n) is 3.44. The molecule has 0 aromatic carbocycles. The van der Waals surface area contributed by atoms with Crippen molar-refractivity contribution in [3.8, 4) is 0 Å². The highest BCUT2D eigenvalue weighted by Gasteiger charge is 2.27. The van der Waals surface area contributed by atoms with Crippen LogP contribution in [0.4, 0.5) is 13.2 Å². The summed E-state index contributed by atoms with van der Waals surface area (Å²) in [6.45, 7) is 0.510. The highest BCUT2D eigenvalue weighted by atomic mass is 19.4. The first kappa shape index (κ1) is 17.0. The van der Waals surface area contributed by atoms with E-state index in [2.05, 4.69) is 20.4 Å². The lowest BCUT2D eigenvalue weighted by molar-refractivity contribution is -0.173. The van der Waals surface area contributed by atoms with Crippen molar-refractivity contribution < 1.29 is 22.6 Å². The van der Waals surface area contributed by atoms with E-state index in [1.807, 2.05) is 0 Å². The van der Waals surface area contributed by atoms with Crippen LogP contribution in [0, 0.1) is 0 Å². The molecule has 0 saturated heterocycles. The van der Waals surface area contributed by atoms with Crippen LogP contribution in [0.15, 0.2) is 4.99 Å². The maximum absolute atomic E-state index is 11.7. The van der Waals surface area contributed by atoms with Crippen LogP contribution in [0.1, 0.15) is 6.42 Å². The molecule has 0 rings (SSSR count). The van der Waals surface area contributed by atoms with Gasteiger partial charge in [-0.2, -0.15) is 13.2 Å². The van der Waals surface area contributed by atoms with Crippen LogP contribution >= 0.6 is 0 Å². The third kappa shape index (κ3) is 11.5. The predicted molar refractivity (Wildman–Crippen MR) is 62.7 cm³/mol. The first-order chi connectivity index (χ1) is 8.49. The molecular weight excluding hydrogens is 251 g/mol. The quantitative estimate of drug-likeness (QED) is 0.389. The number of methoxy groups -OCH3 is 1. The predicted octanol–water partition coefficient (Wildman–Crippen LogP) is 0.767. The number of hydrogen-bond acceptors (Lipinski definition) is 3. The zero-order chi connectivity index (χ0) is 13.9. The Morgan fingerprint density at radius 1 is 1.17 bits per heavy atom. The molecule has 0 aromatic heterocycles. The van der Waals surface area contributed by atoms with Crippen molar-refractivity contribution in [3.05, 3.63) is 0 Å². The average molecular weight is 271 g/mol. The molecule has 0 radical (unpaired) electrons. The van der Waals surface area contributed by atoms with E-state index in [1.54, 1.807) is 14.2 Å². The number of nitrogens with one attached hydrogen (secondary N) is 2. The molecule has 18 heavy (non-hydrogen) atoms. The van der Waals surface area contributed by atoms with Crippen LogP contribution in [0.5, 0.6) is 0 Å². The standard InChI is InChI=1S/C10H20F3N3O2/c1-14-9(16-5-7-17-2)15-4-3-6-18-8-10(11,12)13/h3-8H2,1-2H3,(H2,14,15,16). The van der Waals surface area contributed by atoms with Crippen LogP contribution in [0.2, 0.25) is 0 Å². The average Bonchev–Trinajstić information content (AvgIpc) is 2.30. The number of guanidine groups is 1. The third-order valence-corrected chi connectivity index (χ3v) is 1.85. The molecule has 0 heterocycles. The summed E-state index contributed by atoms with van der Waals surface area (Å²) in [5.41, 5.74) is 0.